The highest BCUT2D eigenvalue weighted by Gasteiger charge is 2.11. The average Bonchev–Trinajstić information content (AvgIpc) is 2.16. The lowest BCUT2D eigenvalue weighted by molar-refractivity contribution is -0.383. The SMILES string of the molecule is C=C(C)CCOc1ccc([N+](=O)[O-])c(N)c1. The minimum Gasteiger partial charge on any atom is -0.493 e. The first-order chi connectivity index (χ1) is 7.50. The first-order valence-electron chi connectivity index (χ1n) is 4.82. The number of hydrogen-bond donors (Lipinski definition) is 1. The molecule has 0 saturated heterocycles. The van der Waals surface area contributed by atoms with Crippen LogP contribution in [-0.2, 0) is 0 Å². The van der Waals surface area contributed by atoms with Crippen molar-refractivity contribution < 1.29 is 9.66 Å². The number of anilines is 1. The zero-order valence-electron chi connectivity index (χ0n) is 9.10. The normalized spacial score (nSPS) is 9.81. The van der Waals surface area contributed by atoms with Crippen LogP contribution in [0.15, 0.2) is 30.4 Å². The molecule has 0 radical (unpaired) electrons. The quantitative estimate of drug-likeness (QED) is 0.359. The van der Waals surface area contributed by atoms with Crippen LogP contribution in [0.2, 0.25) is 0 Å². The number of nitro groups is 1. The fraction of sp³-hybridized carbons (Fsp3) is 0.273. The molecule has 2 N–H and O–H groups in total. The van der Waals surface area contributed by atoms with Crippen LogP contribution >= 0.6 is 0 Å². The third-order valence-corrected chi connectivity index (χ3v) is 1.99. The monoisotopic (exact) mass is 222 g/mol. The Kier molecular flexibility index (Phi) is 3.88. The van der Waals surface area contributed by atoms with Gasteiger partial charge in [0.2, 0.25) is 0 Å². The zero-order chi connectivity index (χ0) is 12.1. The molecule has 0 spiro atoms. The fourth-order valence-electron chi connectivity index (χ4n) is 1.13. The molecule has 0 aliphatic rings. The van der Waals surface area contributed by atoms with E-state index in [9.17, 15) is 10.1 Å². The number of ether oxygens (including phenoxy) is 1. The van der Waals surface area contributed by atoms with Gasteiger partial charge in [-0.3, -0.25) is 10.1 Å². The van der Waals surface area contributed by atoms with Crippen LogP contribution in [0.1, 0.15) is 13.3 Å². The molecule has 0 atom stereocenters. The van der Waals surface area contributed by atoms with Crippen molar-refractivity contribution in [3.63, 3.8) is 0 Å². The minimum atomic E-state index is -0.521. The van der Waals surface area contributed by atoms with Gasteiger partial charge in [0.1, 0.15) is 11.4 Å². The first kappa shape index (κ1) is 12.0. The summed E-state index contributed by atoms with van der Waals surface area (Å²) in [6.07, 6.45) is 0.747. The lowest BCUT2D eigenvalue weighted by Crippen LogP contribution is -2.00. The minimum absolute atomic E-state index is 0.104. The van der Waals surface area contributed by atoms with Crippen LogP contribution in [0.25, 0.3) is 0 Å². The highest BCUT2D eigenvalue weighted by atomic mass is 16.6. The summed E-state index contributed by atoms with van der Waals surface area (Å²) in [6.45, 7) is 6.15. The van der Waals surface area contributed by atoms with Crippen molar-refractivity contribution >= 4 is 11.4 Å². The van der Waals surface area contributed by atoms with E-state index in [2.05, 4.69) is 6.58 Å². The van der Waals surface area contributed by atoms with E-state index < -0.39 is 4.92 Å². The third-order valence-electron chi connectivity index (χ3n) is 1.99. The van der Waals surface area contributed by atoms with E-state index in [1.807, 2.05) is 6.92 Å². The van der Waals surface area contributed by atoms with Crippen LogP contribution in [0.5, 0.6) is 5.75 Å². The number of benzene rings is 1. The summed E-state index contributed by atoms with van der Waals surface area (Å²) in [4.78, 5) is 9.99. The van der Waals surface area contributed by atoms with Gasteiger partial charge in [-0.15, -0.1) is 6.58 Å². The van der Waals surface area contributed by atoms with Crippen molar-refractivity contribution in [1.82, 2.24) is 0 Å². The summed E-state index contributed by atoms with van der Waals surface area (Å²) in [5.74, 6) is 0.532. The van der Waals surface area contributed by atoms with Gasteiger partial charge in [-0.1, -0.05) is 5.57 Å². The summed E-state index contributed by atoms with van der Waals surface area (Å²) in [5.41, 5.74) is 6.54. The van der Waals surface area contributed by atoms with Crippen molar-refractivity contribution in [3.8, 4) is 5.75 Å². The Morgan fingerprint density at radius 1 is 1.62 bits per heavy atom. The molecule has 0 bridgehead atoms. The molecule has 1 aromatic carbocycles. The molecule has 5 heteroatoms. The Morgan fingerprint density at radius 3 is 2.81 bits per heavy atom. The molecule has 1 aromatic rings. The van der Waals surface area contributed by atoms with E-state index in [0.29, 0.717) is 12.4 Å². The topological polar surface area (TPSA) is 78.4 Å². The second-order valence-corrected chi connectivity index (χ2v) is 3.53. The average molecular weight is 222 g/mol. The van der Waals surface area contributed by atoms with E-state index in [1.54, 1.807) is 0 Å². The van der Waals surface area contributed by atoms with E-state index in [1.165, 1.54) is 18.2 Å². The van der Waals surface area contributed by atoms with Crippen molar-refractivity contribution in [2.75, 3.05) is 12.3 Å². The van der Waals surface area contributed by atoms with E-state index >= 15 is 0 Å². The molecule has 86 valence electrons. The Morgan fingerprint density at radius 2 is 2.31 bits per heavy atom. The maximum Gasteiger partial charge on any atom is 0.292 e. The van der Waals surface area contributed by atoms with Crippen molar-refractivity contribution in [3.05, 3.63) is 40.5 Å². The standard InChI is InChI=1S/C11H14N2O3/c1-8(2)5-6-16-9-3-4-11(13(14)15)10(12)7-9/h3-4,7H,1,5-6,12H2,2H3. The maximum absolute atomic E-state index is 10.5. The van der Waals surface area contributed by atoms with Crippen LogP contribution in [0.3, 0.4) is 0 Å². The van der Waals surface area contributed by atoms with E-state index in [0.717, 1.165) is 12.0 Å². The highest BCUT2D eigenvalue weighted by molar-refractivity contribution is 5.60. The summed E-state index contributed by atoms with van der Waals surface area (Å²) in [5, 5.41) is 10.5. The zero-order valence-corrected chi connectivity index (χ0v) is 9.10. The van der Waals surface area contributed by atoms with Gasteiger partial charge in [-0.2, -0.15) is 0 Å². The van der Waals surface area contributed by atoms with Gasteiger partial charge in [0.15, 0.2) is 0 Å². The Hall–Kier alpha value is -2.04. The lowest BCUT2D eigenvalue weighted by Gasteiger charge is -2.06. The molecule has 0 aliphatic carbocycles. The molecule has 5 nitrogen and oxygen atoms in total. The highest BCUT2D eigenvalue weighted by Crippen LogP contribution is 2.26. The number of nitrogens with two attached hydrogens (primary N) is 1. The molecule has 0 saturated carbocycles. The van der Waals surface area contributed by atoms with Crippen molar-refractivity contribution in [1.29, 1.82) is 0 Å². The van der Waals surface area contributed by atoms with Gasteiger partial charge < -0.3 is 10.5 Å². The fourth-order valence-corrected chi connectivity index (χ4v) is 1.13. The Labute approximate surface area is 93.7 Å². The van der Waals surface area contributed by atoms with Crippen molar-refractivity contribution in [2.45, 2.75) is 13.3 Å². The second-order valence-electron chi connectivity index (χ2n) is 3.53. The van der Waals surface area contributed by atoms with Crippen LogP contribution in [0.4, 0.5) is 11.4 Å². The number of nitro benzene ring substituents is 1. The summed E-state index contributed by atoms with van der Waals surface area (Å²) < 4.78 is 5.37. The molecule has 0 aliphatic heterocycles. The molecular formula is C11H14N2O3. The number of nitrogen functional groups attached to an aromatic ring is 1. The molecule has 1 rings (SSSR count). The van der Waals surface area contributed by atoms with E-state index in [-0.39, 0.29) is 11.4 Å². The van der Waals surface area contributed by atoms with Gasteiger partial charge in [0.05, 0.1) is 11.5 Å². The van der Waals surface area contributed by atoms with Gasteiger partial charge in [0, 0.05) is 18.6 Å². The summed E-state index contributed by atoms with van der Waals surface area (Å²) >= 11 is 0. The smallest absolute Gasteiger partial charge is 0.292 e. The van der Waals surface area contributed by atoms with Crippen LogP contribution in [-0.4, -0.2) is 11.5 Å². The van der Waals surface area contributed by atoms with Gasteiger partial charge in [-0.25, -0.2) is 0 Å². The molecule has 0 fully saturated rings. The molecule has 0 aromatic heterocycles. The first-order valence-corrected chi connectivity index (χ1v) is 4.82. The van der Waals surface area contributed by atoms with Gasteiger partial charge in [0.25, 0.3) is 5.69 Å². The van der Waals surface area contributed by atoms with E-state index in [4.69, 9.17) is 10.5 Å². The predicted molar refractivity (Wildman–Crippen MR) is 62.4 cm³/mol. The van der Waals surface area contributed by atoms with Crippen molar-refractivity contribution in [2.24, 2.45) is 0 Å². The number of hydrogen-bond acceptors (Lipinski definition) is 4. The summed E-state index contributed by atoms with van der Waals surface area (Å²) in [6, 6.07) is 4.33. The van der Waals surface area contributed by atoms with Crippen LogP contribution in [0, 0.1) is 10.1 Å². The predicted octanol–water partition coefficient (Wildman–Crippen LogP) is 2.52. The number of nitrogens with zero attached hydrogens (tertiary/aromatic N) is 1. The second kappa shape index (κ2) is 5.16. The Balaban J connectivity index is 2.66. The van der Waals surface area contributed by atoms with Gasteiger partial charge in [-0.05, 0) is 13.0 Å². The Bertz CT molecular complexity index is 416. The molecule has 0 unspecified atom stereocenters. The largest absolute Gasteiger partial charge is 0.493 e. The molecule has 0 heterocycles. The third kappa shape index (κ3) is 3.27. The lowest BCUT2D eigenvalue weighted by atomic mass is 10.2. The van der Waals surface area contributed by atoms with Crippen LogP contribution < -0.4 is 10.5 Å². The molecular weight excluding hydrogens is 208 g/mol. The molecule has 0 amide bonds. The molecule has 16 heavy (non-hydrogen) atoms. The maximum atomic E-state index is 10.5. The number of rotatable bonds is 5. The summed E-state index contributed by atoms with van der Waals surface area (Å²) in [7, 11) is 0. The van der Waals surface area contributed by atoms with Gasteiger partial charge >= 0.3 is 0 Å².